The zero-order chi connectivity index (χ0) is 17.2. The summed E-state index contributed by atoms with van der Waals surface area (Å²) < 4.78 is 1.91. The molecule has 3 heterocycles. The van der Waals surface area contributed by atoms with Crippen LogP contribution in [0.15, 0.2) is 36.7 Å². The third kappa shape index (κ3) is 3.97. The quantitative estimate of drug-likeness (QED) is 0.834. The van der Waals surface area contributed by atoms with Crippen molar-refractivity contribution in [1.29, 1.82) is 0 Å². The number of nitrogens with zero attached hydrogens (tertiary/aromatic N) is 4. The summed E-state index contributed by atoms with van der Waals surface area (Å²) in [5, 5.41) is 9.31. The molecule has 2 aliphatic heterocycles. The summed E-state index contributed by atoms with van der Waals surface area (Å²) in [7, 11) is 0. The highest BCUT2D eigenvalue weighted by atomic mass is 35.5. The van der Waals surface area contributed by atoms with Gasteiger partial charge in [0.2, 0.25) is 0 Å². The van der Waals surface area contributed by atoms with E-state index in [0.717, 1.165) is 35.5 Å². The number of hydrogen-bond donors (Lipinski definition) is 1. The van der Waals surface area contributed by atoms with Crippen LogP contribution in [0.4, 0.5) is 5.69 Å². The Morgan fingerprint density at radius 2 is 2.08 bits per heavy atom. The lowest BCUT2D eigenvalue weighted by molar-refractivity contribution is 0.153. The monoisotopic (exact) mass is 375 g/mol. The summed E-state index contributed by atoms with van der Waals surface area (Å²) in [5.41, 5.74) is 2.10. The molecular formula is C18H22ClN5S. The van der Waals surface area contributed by atoms with Crippen LogP contribution in [0.25, 0.3) is 0 Å². The lowest BCUT2D eigenvalue weighted by Crippen LogP contribution is -2.53. The normalized spacial score (nSPS) is 20.5. The highest BCUT2D eigenvalue weighted by molar-refractivity contribution is 7.80. The van der Waals surface area contributed by atoms with Crippen LogP contribution in [0.3, 0.4) is 0 Å². The van der Waals surface area contributed by atoms with E-state index in [-0.39, 0.29) is 0 Å². The Labute approximate surface area is 158 Å². The van der Waals surface area contributed by atoms with E-state index in [1.54, 1.807) is 0 Å². The van der Waals surface area contributed by atoms with Crippen LogP contribution >= 0.6 is 23.8 Å². The van der Waals surface area contributed by atoms with Crippen LogP contribution in [-0.2, 0) is 6.54 Å². The molecule has 2 aliphatic rings. The van der Waals surface area contributed by atoms with Gasteiger partial charge in [0, 0.05) is 36.9 Å². The zero-order valence-corrected chi connectivity index (χ0v) is 15.6. The van der Waals surface area contributed by atoms with Crippen LogP contribution in [0.2, 0.25) is 5.02 Å². The predicted octanol–water partition coefficient (Wildman–Crippen LogP) is 3.06. The summed E-state index contributed by atoms with van der Waals surface area (Å²) in [4.78, 5) is 4.88. The smallest absolute Gasteiger partial charge is 0.173 e. The second-order valence-electron chi connectivity index (χ2n) is 6.76. The number of hydrogen-bond acceptors (Lipinski definition) is 3. The van der Waals surface area contributed by atoms with Gasteiger partial charge in [-0.2, -0.15) is 5.10 Å². The number of halogens is 1. The molecule has 2 aromatic rings. The minimum Gasteiger partial charge on any atom is -0.346 e. The Morgan fingerprint density at radius 3 is 2.92 bits per heavy atom. The summed E-state index contributed by atoms with van der Waals surface area (Å²) in [6.45, 7) is 5.11. The van der Waals surface area contributed by atoms with Gasteiger partial charge in [0.25, 0.3) is 0 Å². The molecule has 1 aromatic carbocycles. The summed E-state index contributed by atoms with van der Waals surface area (Å²) in [6, 6.07) is 8.50. The molecule has 132 valence electrons. The van der Waals surface area contributed by atoms with Crippen molar-refractivity contribution < 1.29 is 0 Å². The second-order valence-corrected chi connectivity index (χ2v) is 7.58. The molecule has 1 atom stereocenters. The molecule has 1 aromatic heterocycles. The Bertz CT molecular complexity index is 744. The number of anilines is 1. The Balaban J connectivity index is 1.34. The maximum Gasteiger partial charge on any atom is 0.173 e. The van der Waals surface area contributed by atoms with Crippen molar-refractivity contribution in [1.82, 2.24) is 19.6 Å². The molecule has 2 saturated heterocycles. The summed E-state index contributed by atoms with van der Waals surface area (Å²) in [5.74, 6) is 0. The van der Waals surface area contributed by atoms with E-state index in [4.69, 9.17) is 23.8 Å². The number of benzene rings is 1. The third-order valence-corrected chi connectivity index (χ3v) is 5.63. The van der Waals surface area contributed by atoms with Crippen molar-refractivity contribution in [2.75, 3.05) is 31.5 Å². The molecule has 2 fully saturated rings. The molecule has 0 aliphatic carbocycles. The fourth-order valence-electron chi connectivity index (χ4n) is 3.67. The second kappa shape index (κ2) is 7.32. The molecular weight excluding hydrogens is 354 g/mol. The minimum absolute atomic E-state index is 0.668. The average Bonchev–Trinajstić information content (AvgIpc) is 3.25. The molecule has 4 rings (SSSR count). The maximum absolute atomic E-state index is 5.93. The van der Waals surface area contributed by atoms with Crippen molar-refractivity contribution in [2.24, 2.45) is 0 Å². The summed E-state index contributed by atoms with van der Waals surface area (Å²) in [6.07, 6.45) is 6.43. The van der Waals surface area contributed by atoms with Gasteiger partial charge in [-0.1, -0.05) is 23.7 Å². The Morgan fingerprint density at radius 1 is 1.24 bits per heavy atom. The Hall–Kier alpha value is -1.63. The first kappa shape index (κ1) is 16.8. The van der Waals surface area contributed by atoms with E-state index < -0.39 is 0 Å². The number of nitrogens with one attached hydrogen (secondary N) is 1. The summed E-state index contributed by atoms with van der Waals surface area (Å²) >= 11 is 11.5. The molecule has 7 heteroatoms. The number of fused-ring (bicyclic) bond motifs is 1. The van der Waals surface area contributed by atoms with Gasteiger partial charge in [-0.25, -0.2) is 0 Å². The molecule has 1 N–H and O–H groups in total. The SMILES string of the molecule is S=C(Nc1cnn(Cc2ccc(Cl)cc2)c1)N1CCN2CCC[C@H]2C1. The number of piperazine rings is 1. The molecule has 0 radical (unpaired) electrons. The minimum atomic E-state index is 0.668. The number of thiocarbonyl (C=S) groups is 1. The first-order chi connectivity index (χ1) is 12.2. The van der Waals surface area contributed by atoms with E-state index in [1.807, 2.05) is 41.3 Å². The third-order valence-electron chi connectivity index (χ3n) is 5.02. The molecule has 0 saturated carbocycles. The van der Waals surface area contributed by atoms with Gasteiger partial charge in [0.1, 0.15) is 0 Å². The highest BCUT2D eigenvalue weighted by Gasteiger charge is 2.31. The van der Waals surface area contributed by atoms with Gasteiger partial charge >= 0.3 is 0 Å². The van der Waals surface area contributed by atoms with Crippen molar-refractivity contribution in [3.05, 3.63) is 47.2 Å². The maximum atomic E-state index is 5.93. The first-order valence-corrected chi connectivity index (χ1v) is 9.53. The van der Waals surface area contributed by atoms with E-state index in [0.29, 0.717) is 12.6 Å². The first-order valence-electron chi connectivity index (χ1n) is 8.74. The van der Waals surface area contributed by atoms with Crippen LogP contribution in [0.5, 0.6) is 0 Å². The van der Waals surface area contributed by atoms with Gasteiger partial charge in [-0.3, -0.25) is 9.58 Å². The van der Waals surface area contributed by atoms with E-state index in [1.165, 1.54) is 24.9 Å². The van der Waals surface area contributed by atoms with Gasteiger partial charge in [-0.05, 0) is 49.3 Å². The lowest BCUT2D eigenvalue weighted by atomic mass is 10.2. The average molecular weight is 376 g/mol. The molecule has 0 spiro atoms. The van der Waals surface area contributed by atoms with E-state index in [2.05, 4.69) is 20.2 Å². The highest BCUT2D eigenvalue weighted by Crippen LogP contribution is 2.22. The molecule has 0 amide bonds. The van der Waals surface area contributed by atoms with Gasteiger partial charge < -0.3 is 10.2 Å². The number of rotatable bonds is 3. The van der Waals surface area contributed by atoms with Crippen molar-refractivity contribution >= 4 is 34.6 Å². The van der Waals surface area contributed by atoms with Gasteiger partial charge in [-0.15, -0.1) is 0 Å². The topological polar surface area (TPSA) is 36.3 Å². The van der Waals surface area contributed by atoms with E-state index in [9.17, 15) is 0 Å². The van der Waals surface area contributed by atoms with Crippen LogP contribution in [0.1, 0.15) is 18.4 Å². The van der Waals surface area contributed by atoms with Gasteiger partial charge in [0.15, 0.2) is 5.11 Å². The van der Waals surface area contributed by atoms with E-state index >= 15 is 0 Å². The molecule has 0 bridgehead atoms. The fourth-order valence-corrected chi connectivity index (χ4v) is 4.08. The van der Waals surface area contributed by atoms with Crippen LogP contribution in [-0.4, -0.2) is 56.9 Å². The van der Waals surface area contributed by atoms with Crippen molar-refractivity contribution in [2.45, 2.75) is 25.4 Å². The zero-order valence-electron chi connectivity index (χ0n) is 14.1. The molecule has 25 heavy (non-hydrogen) atoms. The molecule has 5 nitrogen and oxygen atoms in total. The van der Waals surface area contributed by atoms with Gasteiger partial charge in [0.05, 0.1) is 18.4 Å². The molecule has 0 unspecified atom stereocenters. The fraction of sp³-hybridized carbons (Fsp3) is 0.444. The lowest BCUT2D eigenvalue weighted by Gasteiger charge is -2.38. The predicted molar refractivity (Wildman–Crippen MR) is 105 cm³/mol. The largest absolute Gasteiger partial charge is 0.346 e. The number of aromatic nitrogens is 2. The van der Waals surface area contributed by atoms with Crippen molar-refractivity contribution in [3.63, 3.8) is 0 Å². The Kier molecular flexibility index (Phi) is 4.92. The standard InChI is InChI=1S/C18H22ClN5S/c19-15-5-3-14(4-6-15)11-24-12-16(10-20-24)21-18(25)23-9-8-22-7-1-2-17(22)13-23/h3-6,10,12,17H,1-2,7-9,11,13H2,(H,21,25)/t17-/m0/s1. The van der Waals surface area contributed by atoms with Crippen LogP contribution < -0.4 is 5.32 Å². The van der Waals surface area contributed by atoms with Crippen LogP contribution in [0, 0.1) is 0 Å². The van der Waals surface area contributed by atoms with Crippen molar-refractivity contribution in [3.8, 4) is 0 Å².